The van der Waals surface area contributed by atoms with Crippen molar-refractivity contribution in [2.75, 3.05) is 13.1 Å². The van der Waals surface area contributed by atoms with Crippen molar-refractivity contribution in [3.63, 3.8) is 0 Å². The minimum absolute atomic E-state index is 0.0388. The third kappa shape index (κ3) is 2.90. The van der Waals surface area contributed by atoms with Gasteiger partial charge in [0.1, 0.15) is 15.6 Å². The summed E-state index contributed by atoms with van der Waals surface area (Å²) in [5.74, 6) is 0.0388. The van der Waals surface area contributed by atoms with Crippen molar-refractivity contribution >= 4 is 37.7 Å². The van der Waals surface area contributed by atoms with Gasteiger partial charge in [-0.15, -0.1) is 11.3 Å². The summed E-state index contributed by atoms with van der Waals surface area (Å²) in [5, 5.41) is 0.892. The maximum atomic E-state index is 13.1. The van der Waals surface area contributed by atoms with E-state index in [4.69, 9.17) is 0 Å². The van der Waals surface area contributed by atoms with Gasteiger partial charge in [-0.3, -0.25) is 14.2 Å². The third-order valence-corrected chi connectivity index (χ3v) is 6.20. The first kappa shape index (κ1) is 17.1. The second-order valence-corrected chi connectivity index (χ2v) is 7.76. The minimum atomic E-state index is -0.490. The third-order valence-electron chi connectivity index (χ3n) is 5.11. The van der Waals surface area contributed by atoms with Crippen LogP contribution < -0.4 is 5.56 Å². The summed E-state index contributed by atoms with van der Waals surface area (Å²) in [5.41, 5.74) is 0.532. The fourth-order valence-electron chi connectivity index (χ4n) is 3.70. The summed E-state index contributed by atoms with van der Waals surface area (Å²) in [6, 6.07) is 3.28. The number of carbonyl (C=O) groups is 1. The zero-order valence-electron chi connectivity index (χ0n) is 14.9. The van der Waals surface area contributed by atoms with Crippen molar-refractivity contribution in [2.45, 2.75) is 45.1 Å². The molecule has 1 saturated heterocycles. The van der Waals surface area contributed by atoms with Crippen LogP contribution in [0.25, 0.3) is 20.4 Å². The number of likely N-dealkylation sites (tertiary alicyclic amines) is 1. The number of aromatic nitrogens is 3. The second kappa shape index (κ2) is 7.15. The number of amides is 1. The predicted molar refractivity (Wildman–Crippen MR) is 104 cm³/mol. The van der Waals surface area contributed by atoms with Gasteiger partial charge in [0, 0.05) is 24.7 Å². The van der Waals surface area contributed by atoms with E-state index < -0.39 is 6.04 Å². The molecule has 0 aromatic carbocycles. The normalized spacial score (nSPS) is 16.7. The molecule has 7 heteroatoms. The summed E-state index contributed by atoms with van der Waals surface area (Å²) in [6.07, 6.45) is 8.24. The molecule has 4 heterocycles. The molecule has 0 spiro atoms. The number of hydrogen-bond acceptors (Lipinski definition) is 5. The molecular formula is C19H22N4O2S. The number of rotatable bonds is 3. The highest BCUT2D eigenvalue weighted by Crippen LogP contribution is 2.28. The fourth-order valence-corrected chi connectivity index (χ4v) is 4.73. The number of fused-ring (bicyclic) bond motifs is 3. The van der Waals surface area contributed by atoms with Gasteiger partial charge in [0.15, 0.2) is 0 Å². The molecule has 136 valence electrons. The van der Waals surface area contributed by atoms with Crippen LogP contribution >= 0.6 is 11.3 Å². The highest BCUT2D eigenvalue weighted by molar-refractivity contribution is 7.25. The molecule has 3 aromatic heterocycles. The molecule has 0 unspecified atom stereocenters. The lowest BCUT2D eigenvalue weighted by molar-refractivity contribution is -0.135. The maximum absolute atomic E-state index is 13.1. The zero-order chi connectivity index (χ0) is 18.1. The number of pyridine rings is 1. The Balaban J connectivity index is 1.76. The van der Waals surface area contributed by atoms with E-state index in [0.29, 0.717) is 16.6 Å². The van der Waals surface area contributed by atoms with E-state index in [1.54, 1.807) is 6.20 Å². The standard InChI is InChI=1S/C19H22N4O2S/c1-2-14(18(24)22-10-5-3-4-6-11-22)23-12-21-15-13-8-7-9-20-17(13)26-16(15)19(23)25/h7-9,12,14H,2-6,10-11H2,1H3/t14-/m1/s1. The Labute approximate surface area is 155 Å². The van der Waals surface area contributed by atoms with Gasteiger partial charge in [0.25, 0.3) is 5.56 Å². The van der Waals surface area contributed by atoms with Gasteiger partial charge >= 0.3 is 0 Å². The topological polar surface area (TPSA) is 68.1 Å². The highest BCUT2D eigenvalue weighted by Gasteiger charge is 2.27. The Bertz CT molecular complexity index is 1000. The average Bonchev–Trinajstić information content (AvgIpc) is 2.84. The van der Waals surface area contributed by atoms with Crippen LogP contribution in [0.3, 0.4) is 0 Å². The molecule has 1 fully saturated rings. The zero-order valence-corrected chi connectivity index (χ0v) is 15.7. The van der Waals surface area contributed by atoms with Gasteiger partial charge in [-0.05, 0) is 31.4 Å². The fraction of sp³-hybridized carbons (Fsp3) is 0.474. The molecule has 6 nitrogen and oxygen atoms in total. The van der Waals surface area contributed by atoms with Gasteiger partial charge in [-0.25, -0.2) is 9.97 Å². The van der Waals surface area contributed by atoms with Crippen molar-refractivity contribution in [2.24, 2.45) is 0 Å². The molecule has 26 heavy (non-hydrogen) atoms. The number of hydrogen-bond donors (Lipinski definition) is 0. The van der Waals surface area contributed by atoms with Gasteiger partial charge in [0.2, 0.25) is 5.91 Å². The summed E-state index contributed by atoms with van der Waals surface area (Å²) < 4.78 is 2.09. The van der Waals surface area contributed by atoms with E-state index >= 15 is 0 Å². The molecule has 1 aliphatic rings. The number of nitrogens with zero attached hydrogens (tertiary/aromatic N) is 4. The molecular weight excluding hydrogens is 348 g/mol. The summed E-state index contributed by atoms with van der Waals surface area (Å²) in [7, 11) is 0. The van der Waals surface area contributed by atoms with Gasteiger partial charge < -0.3 is 4.90 Å². The van der Waals surface area contributed by atoms with Crippen molar-refractivity contribution in [1.29, 1.82) is 0 Å². The van der Waals surface area contributed by atoms with E-state index in [1.807, 2.05) is 24.0 Å². The highest BCUT2D eigenvalue weighted by atomic mass is 32.1. The Morgan fingerprint density at radius 1 is 1.23 bits per heavy atom. The van der Waals surface area contributed by atoms with E-state index in [9.17, 15) is 9.59 Å². The van der Waals surface area contributed by atoms with E-state index in [-0.39, 0.29) is 11.5 Å². The lowest BCUT2D eigenvalue weighted by atomic mass is 10.1. The molecule has 1 atom stereocenters. The van der Waals surface area contributed by atoms with Crippen molar-refractivity contribution in [1.82, 2.24) is 19.4 Å². The number of carbonyl (C=O) groups excluding carboxylic acids is 1. The molecule has 0 radical (unpaired) electrons. The van der Waals surface area contributed by atoms with Crippen LogP contribution in [0.5, 0.6) is 0 Å². The lowest BCUT2D eigenvalue weighted by Crippen LogP contribution is -2.40. The van der Waals surface area contributed by atoms with Gasteiger partial charge in [-0.2, -0.15) is 0 Å². The van der Waals surface area contributed by atoms with Crippen molar-refractivity contribution in [3.8, 4) is 0 Å². The second-order valence-electron chi connectivity index (χ2n) is 6.76. The van der Waals surface area contributed by atoms with Crippen LogP contribution in [0.15, 0.2) is 29.5 Å². The van der Waals surface area contributed by atoms with Crippen molar-refractivity contribution < 1.29 is 4.79 Å². The average molecular weight is 370 g/mol. The molecule has 3 aromatic rings. The largest absolute Gasteiger partial charge is 0.341 e. The first-order valence-corrected chi connectivity index (χ1v) is 10.1. The first-order chi connectivity index (χ1) is 12.7. The van der Waals surface area contributed by atoms with E-state index in [2.05, 4.69) is 9.97 Å². The summed E-state index contributed by atoms with van der Waals surface area (Å²) >= 11 is 1.35. The van der Waals surface area contributed by atoms with Crippen LogP contribution in [-0.2, 0) is 4.79 Å². The molecule has 0 saturated carbocycles. The molecule has 1 amide bonds. The maximum Gasteiger partial charge on any atom is 0.272 e. The van der Waals surface area contributed by atoms with Crippen molar-refractivity contribution in [3.05, 3.63) is 35.0 Å². The Hall–Kier alpha value is -2.28. The quantitative estimate of drug-likeness (QED) is 0.709. The van der Waals surface area contributed by atoms with Crippen LogP contribution in [-0.4, -0.2) is 38.4 Å². The van der Waals surface area contributed by atoms with Gasteiger partial charge in [-0.1, -0.05) is 19.8 Å². The SMILES string of the molecule is CC[C@H](C(=O)N1CCCCCC1)n1cnc2c(sc3ncccc32)c1=O. The van der Waals surface area contributed by atoms with Crippen LogP contribution in [0.1, 0.15) is 45.1 Å². The Morgan fingerprint density at radius 2 is 2.00 bits per heavy atom. The molecule has 0 bridgehead atoms. The Morgan fingerprint density at radius 3 is 2.73 bits per heavy atom. The van der Waals surface area contributed by atoms with E-state index in [0.717, 1.165) is 36.1 Å². The lowest BCUT2D eigenvalue weighted by Gasteiger charge is -2.26. The molecule has 1 aliphatic heterocycles. The molecule has 4 rings (SSSR count). The van der Waals surface area contributed by atoms with Crippen LogP contribution in [0, 0.1) is 0 Å². The molecule has 0 N–H and O–H groups in total. The number of thiophene rings is 1. The monoisotopic (exact) mass is 370 g/mol. The van der Waals surface area contributed by atoms with Crippen LogP contribution in [0.4, 0.5) is 0 Å². The smallest absolute Gasteiger partial charge is 0.272 e. The van der Waals surface area contributed by atoms with Gasteiger partial charge in [0.05, 0.1) is 11.8 Å². The molecule has 0 aliphatic carbocycles. The van der Waals surface area contributed by atoms with E-state index in [1.165, 1.54) is 35.1 Å². The Kier molecular flexibility index (Phi) is 4.72. The minimum Gasteiger partial charge on any atom is -0.341 e. The summed E-state index contributed by atoms with van der Waals surface area (Å²) in [4.78, 5) is 37.7. The summed E-state index contributed by atoms with van der Waals surface area (Å²) in [6.45, 7) is 3.52. The predicted octanol–water partition coefficient (Wildman–Crippen LogP) is 3.36. The first-order valence-electron chi connectivity index (χ1n) is 9.24. The van der Waals surface area contributed by atoms with Crippen LogP contribution in [0.2, 0.25) is 0 Å².